The molecule has 340 valence electrons. The second-order valence-corrected chi connectivity index (χ2v) is 19.9. The average molecular weight is 927 g/mol. The lowest BCUT2D eigenvalue weighted by molar-refractivity contribution is -0.384. The number of nitrogens with zero attached hydrogens (tertiary/aromatic N) is 5. The van der Waals surface area contributed by atoms with Crippen molar-refractivity contribution >= 4 is 72.4 Å². The van der Waals surface area contributed by atoms with Gasteiger partial charge in [-0.05, 0) is 90.4 Å². The molecular formula is C46H48ClFN8O8S. The van der Waals surface area contributed by atoms with Crippen LogP contribution in [0.1, 0.15) is 61.9 Å². The molecule has 65 heavy (non-hydrogen) atoms. The number of sulfonamides is 1. The van der Waals surface area contributed by atoms with Gasteiger partial charge in [-0.2, -0.15) is 4.98 Å². The molecule has 3 aromatic heterocycles. The number of alkyl halides is 1. The number of nitro benzene ring substituents is 1. The molecule has 3 aromatic carbocycles. The number of nitro groups is 1. The molecule has 0 bridgehead atoms. The van der Waals surface area contributed by atoms with Crippen molar-refractivity contribution in [2.45, 2.75) is 56.5 Å². The monoisotopic (exact) mass is 926 g/mol. The minimum atomic E-state index is -4.74. The zero-order valence-electron chi connectivity index (χ0n) is 35.9. The lowest BCUT2D eigenvalue weighted by atomic mass is 9.72. The summed E-state index contributed by atoms with van der Waals surface area (Å²) in [6.07, 6.45) is 4.96. The van der Waals surface area contributed by atoms with E-state index >= 15 is 4.39 Å². The van der Waals surface area contributed by atoms with Gasteiger partial charge in [-0.3, -0.25) is 19.8 Å². The fraction of sp³-hybridized carbons (Fsp3) is 0.370. The number of halogens is 2. The number of nitrogens with one attached hydrogen (secondary N) is 3. The number of hydrogen-bond donors (Lipinski definition) is 3. The fourth-order valence-corrected chi connectivity index (χ4v) is 10.1. The molecule has 2 aliphatic heterocycles. The number of ether oxygens (including phenoxy) is 1. The molecule has 0 spiro atoms. The second kappa shape index (κ2) is 17.4. The van der Waals surface area contributed by atoms with Gasteiger partial charge in [-0.15, -0.1) is 0 Å². The second-order valence-electron chi connectivity index (χ2n) is 17.8. The van der Waals surface area contributed by atoms with E-state index in [0.29, 0.717) is 34.8 Å². The van der Waals surface area contributed by atoms with E-state index in [4.69, 9.17) is 20.8 Å². The number of oxazole rings is 1. The van der Waals surface area contributed by atoms with Crippen LogP contribution in [-0.4, -0.2) is 96.8 Å². The Morgan fingerprint density at radius 3 is 2.49 bits per heavy atom. The van der Waals surface area contributed by atoms with Gasteiger partial charge >= 0.3 is 5.76 Å². The largest absolute Gasteiger partial charge is 0.426 e. The minimum Gasteiger partial charge on any atom is -0.388 e. The highest BCUT2D eigenvalue weighted by molar-refractivity contribution is 7.90. The van der Waals surface area contributed by atoms with Gasteiger partial charge in [0.1, 0.15) is 22.5 Å². The smallest absolute Gasteiger partial charge is 0.388 e. The molecule has 19 heteroatoms. The van der Waals surface area contributed by atoms with Crippen molar-refractivity contribution < 1.29 is 31.7 Å². The van der Waals surface area contributed by atoms with E-state index in [1.807, 2.05) is 16.9 Å². The van der Waals surface area contributed by atoms with Gasteiger partial charge in [0.25, 0.3) is 27.3 Å². The molecule has 2 fully saturated rings. The van der Waals surface area contributed by atoms with E-state index in [1.54, 1.807) is 30.5 Å². The van der Waals surface area contributed by atoms with E-state index in [0.717, 1.165) is 57.1 Å². The molecule has 16 nitrogen and oxygen atoms in total. The van der Waals surface area contributed by atoms with E-state index in [1.165, 1.54) is 27.3 Å². The summed E-state index contributed by atoms with van der Waals surface area (Å²) in [4.78, 5) is 50.7. The molecule has 0 radical (unpaired) electrons. The predicted molar refractivity (Wildman–Crippen MR) is 246 cm³/mol. The summed E-state index contributed by atoms with van der Waals surface area (Å²) in [5.41, 5.74) is 3.07. The molecule has 0 atom stereocenters. The summed E-state index contributed by atoms with van der Waals surface area (Å²) in [6, 6.07) is 19.4. The van der Waals surface area contributed by atoms with Crippen molar-refractivity contribution in [2.75, 3.05) is 62.7 Å². The van der Waals surface area contributed by atoms with Crippen LogP contribution in [0.5, 0.6) is 0 Å². The lowest BCUT2D eigenvalue weighted by Gasteiger charge is -2.39. The van der Waals surface area contributed by atoms with Gasteiger partial charge in [0.15, 0.2) is 0 Å². The maximum Gasteiger partial charge on any atom is 0.426 e. The number of piperazine rings is 1. The van der Waals surface area contributed by atoms with Crippen LogP contribution in [0.15, 0.2) is 98.7 Å². The molecule has 2 saturated heterocycles. The number of fused-ring (bicyclic) bond motifs is 2. The van der Waals surface area contributed by atoms with E-state index in [9.17, 15) is 28.1 Å². The highest BCUT2D eigenvalue weighted by Gasteiger charge is 2.34. The number of hydrogen-bond acceptors (Lipinski definition) is 12. The number of carbonyl (C=O) groups excluding carboxylic acids is 1. The van der Waals surface area contributed by atoms with Gasteiger partial charge in [-0.1, -0.05) is 43.2 Å². The lowest BCUT2D eigenvalue weighted by Crippen LogP contribution is -2.47. The molecule has 0 unspecified atom stereocenters. The van der Waals surface area contributed by atoms with Gasteiger partial charge < -0.3 is 24.4 Å². The Labute approximate surface area is 378 Å². The van der Waals surface area contributed by atoms with Crippen LogP contribution in [0.25, 0.3) is 33.5 Å². The molecular weight excluding hydrogens is 879 g/mol. The molecule has 6 aromatic rings. The number of pyridine rings is 1. The van der Waals surface area contributed by atoms with Crippen molar-refractivity contribution in [3.8, 4) is 5.69 Å². The highest BCUT2D eigenvalue weighted by Crippen LogP contribution is 2.43. The number of allylic oxidation sites excluding steroid dienone is 1. The number of aromatic nitrogens is 3. The summed E-state index contributed by atoms with van der Waals surface area (Å²) in [5, 5.41) is 16.3. The third-order valence-electron chi connectivity index (χ3n) is 12.8. The van der Waals surface area contributed by atoms with Crippen LogP contribution in [0.3, 0.4) is 0 Å². The molecule has 1 aliphatic carbocycles. The van der Waals surface area contributed by atoms with Gasteiger partial charge in [-0.25, -0.2) is 26.9 Å². The van der Waals surface area contributed by atoms with Crippen molar-refractivity contribution in [1.82, 2.24) is 24.2 Å². The van der Waals surface area contributed by atoms with Crippen LogP contribution in [0, 0.1) is 15.5 Å². The first-order valence-corrected chi connectivity index (χ1v) is 23.4. The molecule has 9 rings (SSSR count). The molecule has 1 amide bonds. The molecule has 3 N–H and O–H groups in total. The molecule has 3 aliphatic rings. The average Bonchev–Trinajstić information content (AvgIpc) is 3.87. The van der Waals surface area contributed by atoms with Crippen molar-refractivity contribution in [1.29, 1.82) is 0 Å². The molecule has 5 heterocycles. The third-order valence-corrected chi connectivity index (χ3v) is 14.4. The zero-order chi connectivity index (χ0) is 45.7. The quantitative estimate of drug-likeness (QED) is 0.0795. The van der Waals surface area contributed by atoms with Crippen LogP contribution in [0.4, 0.5) is 21.5 Å². The Kier molecular flexibility index (Phi) is 11.8. The maximum absolute atomic E-state index is 15.3. The van der Waals surface area contributed by atoms with Gasteiger partial charge in [0.2, 0.25) is 0 Å². The SMILES string of the molecule is CC1(C)CCC(CN2CCN(c3ccc(C(=O)NS(=O)(=O)c4ccc(NCC5(F)CCOCC5)c([N+](=O)[O-])c4)c(-n4c(=O)oc5nc6[nH]ccc6cc54)c3)CC2)=C(c2ccc(Cl)cc2)C1. The Bertz CT molecular complexity index is 3020. The minimum absolute atomic E-state index is 0.00201. The Morgan fingerprint density at radius 2 is 1.75 bits per heavy atom. The van der Waals surface area contributed by atoms with E-state index in [-0.39, 0.29) is 66.2 Å². The van der Waals surface area contributed by atoms with Crippen molar-refractivity contribution in [3.63, 3.8) is 0 Å². The third kappa shape index (κ3) is 9.25. The topological polar surface area (TPSA) is 198 Å². The van der Waals surface area contributed by atoms with Gasteiger partial charge in [0, 0.05) is 93.7 Å². The number of amides is 1. The van der Waals surface area contributed by atoms with Crippen LogP contribution in [-0.2, 0) is 14.8 Å². The Morgan fingerprint density at radius 1 is 1.00 bits per heavy atom. The highest BCUT2D eigenvalue weighted by atomic mass is 35.5. The normalized spacial score (nSPS) is 18.0. The fourth-order valence-electron chi connectivity index (χ4n) is 9.02. The summed E-state index contributed by atoms with van der Waals surface area (Å²) >= 11 is 6.24. The summed E-state index contributed by atoms with van der Waals surface area (Å²) in [6.45, 7) is 8.36. The number of benzene rings is 3. The standard InChI is InChI=1S/C46H48ClFN8O8S/c1-45(2)13-11-31(36(26-45)29-3-5-32(47)6-4-29)27-53-17-19-54(20-18-53)33-7-9-35(38(24-33)55-40-23-30-12-16-49-41(30)51-43(40)64-44(55)58)42(57)52-65(61,62)34-8-10-37(39(25-34)56(59)60)50-28-46(48)14-21-63-22-15-46/h3-10,12,16,23-25,50H,11,13-15,17-22,26-28H2,1-2H3,(H,49,51)(H,52,57). The molecule has 0 saturated carbocycles. The van der Waals surface area contributed by atoms with E-state index in [2.05, 4.69) is 51.1 Å². The van der Waals surface area contributed by atoms with Crippen molar-refractivity contribution in [2.24, 2.45) is 5.41 Å². The first-order valence-electron chi connectivity index (χ1n) is 21.5. The van der Waals surface area contributed by atoms with Crippen LogP contribution >= 0.6 is 11.6 Å². The van der Waals surface area contributed by atoms with Crippen LogP contribution in [0.2, 0.25) is 5.02 Å². The number of carbonyl (C=O) groups is 1. The van der Waals surface area contributed by atoms with Gasteiger partial charge in [0.05, 0.1) is 21.1 Å². The number of anilines is 2. The predicted octanol–water partition coefficient (Wildman–Crippen LogP) is 7.86. The number of H-pyrrole nitrogens is 1. The first kappa shape index (κ1) is 44.1. The van der Waals surface area contributed by atoms with E-state index < -0.39 is 42.9 Å². The van der Waals surface area contributed by atoms with Crippen molar-refractivity contribution in [3.05, 3.63) is 121 Å². The summed E-state index contributed by atoms with van der Waals surface area (Å²) < 4.78 is 56.9. The van der Waals surface area contributed by atoms with Crippen LogP contribution < -0.4 is 20.7 Å². The summed E-state index contributed by atoms with van der Waals surface area (Å²) in [7, 11) is -4.74. The summed E-state index contributed by atoms with van der Waals surface area (Å²) in [5.74, 6) is -1.95. The first-order chi connectivity index (χ1) is 31.0. The number of rotatable bonds is 12. The maximum atomic E-state index is 15.3. The Hall–Kier alpha value is -6.08. The number of aromatic amines is 1. The zero-order valence-corrected chi connectivity index (χ0v) is 37.4. The Balaban J connectivity index is 0.995.